The Bertz CT molecular complexity index is 803. The molecule has 120 valence electrons. The number of ether oxygens (including phenoxy) is 1. The lowest BCUT2D eigenvalue weighted by Crippen LogP contribution is -2.27. The maximum Gasteiger partial charge on any atom is 0.251 e. The van der Waals surface area contributed by atoms with Crippen LogP contribution in [0, 0.1) is 28.6 Å². The molecule has 0 spiro atoms. The van der Waals surface area contributed by atoms with Crippen molar-refractivity contribution < 1.29 is 9.53 Å². The van der Waals surface area contributed by atoms with Gasteiger partial charge < -0.3 is 10.1 Å². The number of carbonyl (C=O) groups excluding carboxylic acids is 1. The average molecular weight is 319 g/mol. The smallest absolute Gasteiger partial charge is 0.251 e. The van der Waals surface area contributed by atoms with Gasteiger partial charge in [0.1, 0.15) is 12.4 Å². The predicted molar refractivity (Wildman–Crippen MR) is 89.0 cm³/mol. The minimum Gasteiger partial charge on any atom is -0.489 e. The maximum absolute atomic E-state index is 12.1. The first-order valence-electron chi connectivity index (χ1n) is 7.52. The molecule has 1 atom stereocenters. The Kier molecular flexibility index (Phi) is 5.94. The molecule has 0 radical (unpaired) electrons. The second-order valence-corrected chi connectivity index (χ2v) is 5.37. The molecule has 0 aliphatic rings. The molecule has 2 aromatic carbocycles. The molecule has 0 saturated carbocycles. The fourth-order valence-corrected chi connectivity index (χ4v) is 2.02. The zero-order valence-corrected chi connectivity index (χ0v) is 13.3. The monoisotopic (exact) mass is 319 g/mol. The van der Waals surface area contributed by atoms with Crippen LogP contribution in [0.3, 0.4) is 0 Å². The van der Waals surface area contributed by atoms with Crippen LogP contribution >= 0.6 is 0 Å². The fraction of sp³-hybridized carbons (Fsp3) is 0.211. The second kappa shape index (κ2) is 8.36. The summed E-state index contributed by atoms with van der Waals surface area (Å²) in [4.78, 5) is 12.1. The number of nitriles is 2. The summed E-state index contributed by atoms with van der Waals surface area (Å²) in [5.74, 6) is 0.157. The van der Waals surface area contributed by atoms with Crippen LogP contribution < -0.4 is 10.1 Å². The molecule has 0 fully saturated rings. The number of carbonyl (C=O) groups is 1. The van der Waals surface area contributed by atoms with Gasteiger partial charge in [-0.1, -0.05) is 18.2 Å². The summed E-state index contributed by atoms with van der Waals surface area (Å²) in [5, 5.41) is 20.3. The summed E-state index contributed by atoms with van der Waals surface area (Å²) < 4.78 is 5.66. The Labute approximate surface area is 141 Å². The van der Waals surface area contributed by atoms with Crippen LogP contribution in [0.4, 0.5) is 0 Å². The van der Waals surface area contributed by atoms with E-state index in [-0.39, 0.29) is 11.8 Å². The quantitative estimate of drug-likeness (QED) is 0.886. The fourth-order valence-electron chi connectivity index (χ4n) is 2.02. The van der Waals surface area contributed by atoms with E-state index in [0.717, 1.165) is 5.56 Å². The molecule has 1 N–H and O–H groups in total. The van der Waals surface area contributed by atoms with Crippen LogP contribution in [-0.4, -0.2) is 12.5 Å². The Hall–Kier alpha value is -3.31. The number of benzene rings is 2. The first kappa shape index (κ1) is 17.1. The van der Waals surface area contributed by atoms with E-state index < -0.39 is 0 Å². The highest BCUT2D eigenvalue weighted by atomic mass is 16.5. The van der Waals surface area contributed by atoms with E-state index in [2.05, 4.69) is 17.5 Å². The summed E-state index contributed by atoms with van der Waals surface area (Å²) in [6, 6.07) is 18.2. The number of nitrogens with zero attached hydrogens (tertiary/aromatic N) is 2. The first-order chi connectivity index (χ1) is 11.6. The molecule has 0 bridgehead atoms. The molecule has 0 aromatic heterocycles. The standard InChI is InChI=1S/C19H17N3O2/c1-14(10-20)12-22-19(23)17-6-2-5-16(8-17)13-24-18-7-3-4-15(9-18)11-21/h2-9,14H,12-13H2,1H3,(H,22,23). The molecule has 24 heavy (non-hydrogen) atoms. The topological polar surface area (TPSA) is 85.9 Å². The first-order valence-corrected chi connectivity index (χ1v) is 7.52. The van der Waals surface area contributed by atoms with E-state index in [4.69, 9.17) is 15.3 Å². The molecule has 0 aliphatic carbocycles. The Morgan fingerprint density at radius 3 is 2.75 bits per heavy atom. The molecular weight excluding hydrogens is 302 g/mol. The maximum atomic E-state index is 12.1. The summed E-state index contributed by atoms with van der Waals surface area (Å²) in [5.41, 5.74) is 1.90. The molecule has 2 aromatic rings. The third-order valence-electron chi connectivity index (χ3n) is 3.35. The van der Waals surface area contributed by atoms with Gasteiger partial charge in [0.2, 0.25) is 0 Å². The van der Waals surface area contributed by atoms with Crippen LogP contribution in [0.5, 0.6) is 5.75 Å². The van der Waals surface area contributed by atoms with Gasteiger partial charge in [-0.2, -0.15) is 10.5 Å². The highest BCUT2D eigenvalue weighted by Gasteiger charge is 2.08. The van der Waals surface area contributed by atoms with Crippen molar-refractivity contribution in [3.8, 4) is 17.9 Å². The van der Waals surface area contributed by atoms with Crippen LogP contribution in [0.15, 0.2) is 48.5 Å². The largest absolute Gasteiger partial charge is 0.489 e. The molecule has 1 unspecified atom stereocenters. The summed E-state index contributed by atoms with van der Waals surface area (Å²) in [6.07, 6.45) is 0. The van der Waals surface area contributed by atoms with Gasteiger partial charge in [-0.25, -0.2) is 0 Å². The lowest BCUT2D eigenvalue weighted by atomic mass is 10.1. The van der Waals surface area contributed by atoms with Crippen molar-refractivity contribution in [3.63, 3.8) is 0 Å². The number of hydrogen-bond donors (Lipinski definition) is 1. The van der Waals surface area contributed by atoms with Crippen molar-refractivity contribution >= 4 is 5.91 Å². The van der Waals surface area contributed by atoms with Crippen molar-refractivity contribution in [2.45, 2.75) is 13.5 Å². The summed E-state index contributed by atoms with van der Waals surface area (Å²) >= 11 is 0. The molecular formula is C19H17N3O2. The van der Waals surface area contributed by atoms with Crippen molar-refractivity contribution in [3.05, 3.63) is 65.2 Å². The van der Waals surface area contributed by atoms with E-state index in [1.54, 1.807) is 49.4 Å². The zero-order chi connectivity index (χ0) is 17.4. The number of rotatable bonds is 6. The van der Waals surface area contributed by atoms with Crippen LogP contribution in [0.2, 0.25) is 0 Å². The van der Waals surface area contributed by atoms with Crippen LogP contribution in [0.1, 0.15) is 28.4 Å². The van der Waals surface area contributed by atoms with Gasteiger partial charge >= 0.3 is 0 Å². The minimum atomic E-state index is -0.229. The van der Waals surface area contributed by atoms with E-state index in [1.165, 1.54) is 0 Å². The van der Waals surface area contributed by atoms with Crippen molar-refractivity contribution in [1.29, 1.82) is 10.5 Å². The van der Waals surface area contributed by atoms with Gasteiger partial charge in [0.05, 0.1) is 23.6 Å². The lowest BCUT2D eigenvalue weighted by molar-refractivity contribution is 0.0950. The number of nitrogens with one attached hydrogen (secondary N) is 1. The van der Waals surface area contributed by atoms with Crippen molar-refractivity contribution in [2.75, 3.05) is 6.54 Å². The third-order valence-corrected chi connectivity index (χ3v) is 3.35. The van der Waals surface area contributed by atoms with E-state index >= 15 is 0 Å². The van der Waals surface area contributed by atoms with Crippen molar-refractivity contribution in [2.24, 2.45) is 5.92 Å². The molecule has 5 heteroatoms. The van der Waals surface area contributed by atoms with Gasteiger partial charge in [0, 0.05) is 12.1 Å². The Morgan fingerprint density at radius 2 is 2.00 bits per heavy atom. The third kappa shape index (κ3) is 4.86. The molecule has 2 rings (SSSR count). The highest BCUT2D eigenvalue weighted by Crippen LogP contribution is 2.15. The van der Waals surface area contributed by atoms with E-state index in [0.29, 0.717) is 30.0 Å². The van der Waals surface area contributed by atoms with Gasteiger partial charge in [0.15, 0.2) is 0 Å². The summed E-state index contributed by atoms with van der Waals surface area (Å²) in [7, 11) is 0. The van der Waals surface area contributed by atoms with Crippen molar-refractivity contribution in [1.82, 2.24) is 5.32 Å². The average Bonchev–Trinajstić information content (AvgIpc) is 2.64. The molecule has 0 saturated heterocycles. The summed E-state index contributed by atoms with van der Waals surface area (Å²) in [6.45, 7) is 2.36. The molecule has 5 nitrogen and oxygen atoms in total. The minimum absolute atomic E-state index is 0.217. The predicted octanol–water partition coefficient (Wildman–Crippen LogP) is 3.03. The SMILES string of the molecule is CC(C#N)CNC(=O)c1cccc(COc2cccc(C#N)c2)c1. The van der Waals surface area contributed by atoms with E-state index in [1.807, 2.05) is 6.07 Å². The number of amides is 1. The Morgan fingerprint density at radius 1 is 1.21 bits per heavy atom. The van der Waals surface area contributed by atoms with E-state index in [9.17, 15) is 4.79 Å². The molecule has 0 heterocycles. The lowest BCUT2D eigenvalue weighted by Gasteiger charge is -2.09. The molecule has 0 aliphatic heterocycles. The molecule has 1 amide bonds. The normalized spacial score (nSPS) is 11.0. The van der Waals surface area contributed by atoms with Gasteiger partial charge in [-0.15, -0.1) is 0 Å². The van der Waals surface area contributed by atoms with Gasteiger partial charge in [-0.05, 0) is 42.8 Å². The van der Waals surface area contributed by atoms with Crippen LogP contribution in [-0.2, 0) is 6.61 Å². The second-order valence-electron chi connectivity index (χ2n) is 5.37. The van der Waals surface area contributed by atoms with Gasteiger partial charge in [-0.3, -0.25) is 4.79 Å². The van der Waals surface area contributed by atoms with Gasteiger partial charge in [0.25, 0.3) is 5.91 Å². The van der Waals surface area contributed by atoms with Crippen LogP contribution in [0.25, 0.3) is 0 Å². The Balaban J connectivity index is 1.98. The highest BCUT2D eigenvalue weighted by molar-refractivity contribution is 5.94. The zero-order valence-electron chi connectivity index (χ0n) is 13.3. The number of hydrogen-bond acceptors (Lipinski definition) is 4.